The van der Waals surface area contributed by atoms with Gasteiger partial charge in [0, 0.05) is 12.5 Å². The number of esters is 2. The minimum atomic E-state index is -1.06. The van der Waals surface area contributed by atoms with Crippen molar-refractivity contribution < 1.29 is 32.6 Å². The smallest absolute Gasteiger partial charge is 0.328 e. The summed E-state index contributed by atoms with van der Waals surface area (Å²) < 4.78 is 35.3. The number of halogens is 2. The van der Waals surface area contributed by atoms with E-state index in [-0.39, 0.29) is 24.8 Å². The third kappa shape index (κ3) is 6.01. The van der Waals surface area contributed by atoms with Gasteiger partial charge in [-0.1, -0.05) is 6.07 Å². The zero-order valence-electron chi connectivity index (χ0n) is 12.7. The van der Waals surface area contributed by atoms with E-state index in [0.717, 1.165) is 19.2 Å². The zero-order valence-corrected chi connectivity index (χ0v) is 12.7. The van der Waals surface area contributed by atoms with E-state index in [4.69, 9.17) is 0 Å². The standard InChI is InChI=1S/C15H17F2NO5/c1-22-14(20)6-5-12(15(21)23-2)18-13(19)7-9-3-4-10(16)8-11(9)17/h3-4,8,12H,5-7H2,1-2H3,(H,18,19)/t12-/m1/s1. The summed E-state index contributed by atoms with van der Waals surface area (Å²) >= 11 is 0. The molecule has 0 saturated carbocycles. The number of hydrogen-bond donors (Lipinski definition) is 1. The van der Waals surface area contributed by atoms with Gasteiger partial charge in [-0.25, -0.2) is 13.6 Å². The van der Waals surface area contributed by atoms with E-state index in [9.17, 15) is 23.2 Å². The first-order chi connectivity index (χ1) is 10.9. The maximum Gasteiger partial charge on any atom is 0.328 e. The Hall–Kier alpha value is -2.51. The highest BCUT2D eigenvalue weighted by Crippen LogP contribution is 2.10. The number of benzene rings is 1. The third-order valence-electron chi connectivity index (χ3n) is 3.05. The van der Waals surface area contributed by atoms with Gasteiger partial charge < -0.3 is 14.8 Å². The van der Waals surface area contributed by atoms with Gasteiger partial charge in [-0.05, 0) is 18.1 Å². The lowest BCUT2D eigenvalue weighted by molar-refractivity contribution is -0.146. The molecule has 0 aromatic heterocycles. The third-order valence-corrected chi connectivity index (χ3v) is 3.05. The Morgan fingerprint density at radius 1 is 1.17 bits per heavy atom. The van der Waals surface area contributed by atoms with Crippen molar-refractivity contribution in [2.75, 3.05) is 14.2 Å². The molecule has 0 unspecified atom stereocenters. The first-order valence-electron chi connectivity index (χ1n) is 6.75. The van der Waals surface area contributed by atoms with Crippen molar-refractivity contribution in [2.45, 2.75) is 25.3 Å². The van der Waals surface area contributed by atoms with Crippen LogP contribution in [0, 0.1) is 11.6 Å². The maximum atomic E-state index is 13.5. The summed E-state index contributed by atoms with van der Waals surface area (Å²) in [5.74, 6) is -3.54. The van der Waals surface area contributed by atoms with Gasteiger partial charge in [0.25, 0.3) is 0 Å². The molecular formula is C15H17F2NO5. The van der Waals surface area contributed by atoms with E-state index in [1.54, 1.807) is 0 Å². The molecule has 0 aliphatic heterocycles. The molecule has 0 heterocycles. The van der Waals surface area contributed by atoms with E-state index in [1.165, 1.54) is 7.11 Å². The van der Waals surface area contributed by atoms with Gasteiger partial charge in [-0.2, -0.15) is 0 Å². The Balaban J connectivity index is 2.68. The maximum absolute atomic E-state index is 13.5. The Bertz CT molecular complexity index is 591. The van der Waals surface area contributed by atoms with Crippen LogP contribution in [0.15, 0.2) is 18.2 Å². The zero-order chi connectivity index (χ0) is 17.4. The predicted molar refractivity (Wildman–Crippen MR) is 75.3 cm³/mol. The lowest BCUT2D eigenvalue weighted by Crippen LogP contribution is -2.42. The van der Waals surface area contributed by atoms with Crippen molar-refractivity contribution in [3.05, 3.63) is 35.4 Å². The second-order valence-corrected chi connectivity index (χ2v) is 4.67. The van der Waals surface area contributed by atoms with Crippen LogP contribution >= 0.6 is 0 Å². The minimum absolute atomic E-state index is 0.0134. The monoisotopic (exact) mass is 329 g/mol. The number of nitrogens with one attached hydrogen (secondary N) is 1. The summed E-state index contributed by atoms with van der Waals surface area (Å²) in [6.07, 6.45) is -0.490. The fourth-order valence-electron chi connectivity index (χ4n) is 1.84. The largest absolute Gasteiger partial charge is 0.469 e. The summed E-state index contributed by atoms with van der Waals surface area (Å²) in [7, 11) is 2.34. The molecule has 0 saturated heterocycles. The van der Waals surface area contributed by atoms with Crippen molar-refractivity contribution in [1.29, 1.82) is 0 Å². The Labute approximate surface area is 131 Å². The molecule has 1 rings (SSSR count). The van der Waals surface area contributed by atoms with Gasteiger partial charge in [-0.15, -0.1) is 0 Å². The highest BCUT2D eigenvalue weighted by Gasteiger charge is 2.23. The lowest BCUT2D eigenvalue weighted by Gasteiger charge is -2.16. The molecule has 0 aliphatic rings. The molecule has 23 heavy (non-hydrogen) atoms. The van der Waals surface area contributed by atoms with Crippen LogP contribution < -0.4 is 5.32 Å². The first-order valence-corrected chi connectivity index (χ1v) is 6.75. The van der Waals surface area contributed by atoms with Crippen LogP contribution in [0.25, 0.3) is 0 Å². The number of carbonyl (C=O) groups is 3. The van der Waals surface area contributed by atoms with Crippen LogP contribution in [0.2, 0.25) is 0 Å². The second-order valence-electron chi connectivity index (χ2n) is 4.67. The van der Waals surface area contributed by atoms with Gasteiger partial charge in [-0.3, -0.25) is 9.59 Å². The average Bonchev–Trinajstić information content (AvgIpc) is 2.52. The first kappa shape index (κ1) is 18.5. The quantitative estimate of drug-likeness (QED) is 0.758. The van der Waals surface area contributed by atoms with Gasteiger partial charge >= 0.3 is 11.9 Å². The molecule has 1 atom stereocenters. The predicted octanol–water partition coefficient (Wildman–Crippen LogP) is 1.12. The molecule has 126 valence electrons. The van der Waals surface area contributed by atoms with Crippen molar-refractivity contribution in [1.82, 2.24) is 5.32 Å². The van der Waals surface area contributed by atoms with Crippen LogP contribution in [-0.2, 0) is 30.3 Å². The van der Waals surface area contributed by atoms with Crippen molar-refractivity contribution in [3.63, 3.8) is 0 Å². The Morgan fingerprint density at radius 2 is 1.87 bits per heavy atom. The average molecular weight is 329 g/mol. The summed E-state index contributed by atoms with van der Waals surface area (Å²) in [6.45, 7) is 0. The van der Waals surface area contributed by atoms with E-state index < -0.39 is 35.5 Å². The molecule has 8 heteroatoms. The fourth-order valence-corrected chi connectivity index (χ4v) is 1.84. The van der Waals surface area contributed by atoms with Crippen molar-refractivity contribution >= 4 is 17.8 Å². The van der Waals surface area contributed by atoms with Crippen molar-refractivity contribution in [3.8, 4) is 0 Å². The Morgan fingerprint density at radius 3 is 2.43 bits per heavy atom. The molecule has 1 aromatic carbocycles. The van der Waals surface area contributed by atoms with Crippen LogP contribution in [0.3, 0.4) is 0 Å². The fraction of sp³-hybridized carbons (Fsp3) is 0.400. The molecule has 1 amide bonds. The summed E-state index contributed by atoms with van der Waals surface area (Å²) in [6, 6.07) is 1.78. The molecule has 0 aliphatic carbocycles. The van der Waals surface area contributed by atoms with Gasteiger partial charge in [0.05, 0.1) is 20.6 Å². The normalized spacial score (nSPS) is 11.5. The summed E-state index contributed by atoms with van der Waals surface area (Å²) in [5, 5.41) is 2.36. The van der Waals surface area contributed by atoms with Gasteiger partial charge in [0.15, 0.2) is 0 Å². The molecule has 6 nitrogen and oxygen atoms in total. The molecular weight excluding hydrogens is 312 g/mol. The number of methoxy groups -OCH3 is 2. The molecule has 0 fully saturated rings. The molecule has 1 aromatic rings. The van der Waals surface area contributed by atoms with Crippen LogP contribution in [0.4, 0.5) is 8.78 Å². The SMILES string of the molecule is COC(=O)CC[C@@H](NC(=O)Cc1ccc(F)cc1F)C(=O)OC. The number of carbonyl (C=O) groups excluding carboxylic acids is 3. The van der Waals surface area contributed by atoms with Gasteiger partial charge in [0.2, 0.25) is 5.91 Å². The number of amides is 1. The van der Waals surface area contributed by atoms with E-state index in [2.05, 4.69) is 14.8 Å². The van der Waals surface area contributed by atoms with E-state index in [1.807, 2.05) is 0 Å². The minimum Gasteiger partial charge on any atom is -0.469 e. The second kappa shape index (κ2) is 8.82. The summed E-state index contributed by atoms with van der Waals surface area (Å²) in [4.78, 5) is 34.6. The van der Waals surface area contributed by atoms with Gasteiger partial charge in [0.1, 0.15) is 17.7 Å². The Kier molecular flexibility index (Phi) is 7.11. The van der Waals surface area contributed by atoms with E-state index in [0.29, 0.717) is 6.07 Å². The summed E-state index contributed by atoms with van der Waals surface area (Å²) in [5.41, 5.74) is -0.0134. The number of ether oxygens (including phenoxy) is 2. The highest BCUT2D eigenvalue weighted by atomic mass is 19.1. The lowest BCUT2D eigenvalue weighted by atomic mass is 10.1. The van der Waals surface area contributed by atoms with Crippen LogP contribution in [0.5, 0.6) is 0 Å². The van der Waals surface area contributed by atoms with Crippen molar-refractivity contribution in [2.24, 2.45) is 0 Å². The van der Waals surface area contributed by atoms with Crippen LogP contribution in [0.1, 0.15) is 18.4 Å². The topological polar surface area (TPSA) is 81.7 Å². The number of hydrogen-bond acceptors (Lipinski definition) is 5. The van der Waals surface area contributed by atoms with E-state index >= 15 is 0 Å². The molecule has 0 radical (unpaired) electrons. The van der Waals surface area contributed by atoms with Crippen LogP contribution in [-0.4, -0.2) is 38.1 Å². The molecule has 0 bridgehead atoms. The number of rotatable bonds is 7. The molecule has 1 N–H and O–H groups in total. The molecule has 0 spiro atoms. The highest BCUT2D eigenvalue weighted by molar-refractivity contribution is 5.86.